The van der Waals surface area contributed by atoms with E-state index in [0.29, 0.717) is 11.8 Å². The largest absolute Gasteiger partial charge is 0.459 e. The van der Waals surface area contributed by atoms with Gasteiger partial charge in [-0.3, -0.25) is 0 Å². The molecule has 110 valence electrons. The molecule has 21 heavy (non-hydrogen) atoms. The first-order valence-electron chi connectivity index (χ1n) is 7.82. The Hall–Kier alpha value is -1.83. The minimum atomic E-state index is -0.222. The number of esters is 1. The Balaban J connectivity index is 1.60. The number of aryl methyl sites for hydroxylation is 2. The van der Waals surface area contributed by atoms with E-state index in [2.05, 4.69) is 44.2 Å². The van der Waals surface area contributed by atoms with Crippen LogP contribution in [0.5, 0.6) is 0 Å². The molecule has 3 atom stereocenters. The molecule has 0 amide bonds. The first-order valence-corrected chi connectivity index (χ1v) is 7.82. The third-order valence-corrected chi connectivity index (χ3v) is 4.63. The molecule has 0 aliphatic heterocycles. The van der Waals surface area contributed by atoms with Gasteiger partial charge in [-0.15, -0.1) is 0 Å². The Kier molecular flexibility index (Phi) is 3.96. The van der Waals surface area contributed by atoms with E-state index < -0.39 is 0 Å². The van der Waals surface area contributed by atoms with Gasteiger partial charge in [0.1, 0.15) is 6.10 Å². The lowest BCUT2D eigenvalue weighted by atomic mass is 10.0. The van der Waals surface area contributed by atoms with Crippen LogP contribution in [0.2, 0.25) is 0 Å². The zero-order chi connectivity index (χ0) is 14.8. The second kappa shape index (κ2) is 5.88. The zero-order valence-electron chi connectivity index (χ0n) is 12.7. The van der Waals surface area contributed by atoms with Crippen molar-refractivity contribution in [2.24, 2.45) is 11.8 Å². The van der Waals surface area contributed by atoms with Gasteiger partial charge in [0.25, 0.3) is 0 Å². The van der Waals surface area contributed by atoms with Gasteiger partial charge in [0.05, 0.1) is 0 Å². The number of hydrogen-bond donors (Lipinski definition) is 0. The van der Waals surface area contributed by atoms with Crippen LogP contribution in [0.15, 0.2) is 36.4 Å². The number of rotatable bonds is 4. The zero-order valence-corrected chi connectivity index (χ0v) is 12.7. The smallest absolute Gasteiger partial charge is 0.331 e. The lowest BCUT2D eigenvalue weighted by Crippen LogP contribution is -2.21. The highest BCUT2D eigenvalue weighted by molar-refractivity contribution is 5.87. The van der Waals surface area contributed by atoms with E-state index in [-0.39, 0.29) is 12.1 Å². The fraction of sp³-hybridized carbons (Fsp3) is 0.421. The number of carbonyl (C=O) groups excluding carboxylic acids is 1. The highest BCUT2D eigenvalue weighted by Gasteiger charge is 2.37. The van der Waals surface area contributed by atoms with E-state index >= 15 is 0 Å². The van der Waals surface area contributed by atoms with Crippen LogP contribution in [0.25, 0.3) is 6.08 Å². The molecule has 0 heterocycles. The van der Waals surface area contributed by atoms with Gasteiger partial charge in [0, 0.05) is 12.0 Å². The number of carbonyl (C=O) groups is 1. The summed E-state index contributed by atoms with van der Waals surface area (Å²) < 4.78 is 5.57. The maximum atomic E-state index is 11.9. The lowest BCUT2D eigenvalue weighted by Gasteiger charge is -2.17. The Morgan fingerprint density at radius 2 is 2.19 bits per heavy atom. The van der Waals surface area contributed by atoms with Crippen molar-refractivity contribution in [2.75, 3.05) is 0 Å². The van der Waals surface area contributed by atoms with E-state index in [0.717, 1.165) is 24.8 Å². The van der Waals surface area contributed by atoms with Crippen LogP contribution in [-0.2, 0) is 16.0 Å². The summed E-state index contributed by atoms with van der Waals surface area (Å²) in [7, 11) is 0. The standard InChI is InChI=1S/C19H22O2/c1-3-14-4-6-16(13(2)10-14)8-9-19(20)21-18-12-15-5-7-17(18)11-15/h4-10,15,17-18H,3,11-12H2,1-2H3/b9-8+. The van der Waals surface area contributed by atoms with Crippen LogP contribution in [-0.4, -0.2) is 12.1 Å². The number of hydrogen-bond acceptors (Lipinski definition) is 2. The summed E-state index contributed by atoms with van der Waals surface area (Å²) >= 11 is 0. The van der Waals surface area contributed by atoms with E-state index in [1.807, 2.05) is 6.08 Å². The van der Waals surface area contributed by atoms with Crippen molar-refractivity contribution < 1.29 is 9.53 Å². The normalized spacial score (nSPS) is 26.7. The highest BCUT2D eigenvalue weighted by Crippen LogP contribution is 2.40. The third-order valence-electron chi connectivity index (χ3n) is 4.63. The molecule has 0 spiro atoms. The van der Waals surface area contributed by atoms with Crippen molar-refractivity contribution in [3.8, 4) is 0 Å². The van der Waals surface area contributed by atoms with Crippen molar-refractivity contribution in [1.29, 1.82) is 0 Å². The third kappa shape index (κ3) is 3.10. The Labute approximate surface area is 126 Å². The minimum Gasteiger partial charge on any atom is -0.459 e. The van der Waals surface area contributed by atoms with Crippen LogP contribution in [0.1, 0.15) is 36.5 Å². The summed E-state index contributed by atoms with van der Waals surface area (Å²) in [5, 5.41) is 0. The van der Waals surface area contributed by atoms with Crippen molar-refractivity contribution in [2.45, 2.75) is 39.2 Å². The molecule has 1 aromatic carbocycles. The summed E-state index contributed by atoms with van der Waals surface area (Å²) in [5.41, 5.74) is 3.60. The number of fused-ring (bicyclic) bond motifs is 2. The summed E-state index contributed by atoms with van der Waals surface area (Å²) in [4.78, 5) is 11.9. The van der Waals surface area contributed by atoms with Gasteiger partial charge < -0.3 is 4.74 Å². The fourth-order valence-corrected chi connectivity index (χ4v) is 3.36. The molecule has 0 radical (unpaired) electrons. The average Bonchev–Trinajstić information content (AvgIpc) is 3.08. The first kappa shape index (κ1) is 14.1. The van der Waals surface area contributed by atoms with Crippen LogP contribution < -0.4 is 0 Å². The van der Waals surface area contributed by atoms with Gasteiger partial charge in [0.2, 0.25) is 0 Å². The van der Waals surface area contributed by atoms with Gasteiger partial charge in [-0.2, -0.15) is 0 Å². The molecule has 3 rings (SSSR count). The molecule has 2 aliphatic rings. The number of ether oxygens (including phenoxy) is 1. The van der Waals surface area contributed by atoms with Gasteiger partial charge in [-0.05, 0) is 54.9 Å². The van der Waals surface area contributed by atoms with Crippen molar-refractivity contribution in [3.63, 3.8) is 0 Å². The van der Waals surface area contributed by atoms with Gasteiger partial charge >= 0.3 is 5.97 Å². The predicted octanol–water partition coefficient (Wildman–Crippen LogP) is 4.08. The van der Waals surface area contributed by atoms with Crippen LogP contribution in [0, 0.1) is 18.8 Å². The van der Waals surface area contributed by atoms with Crippen molar-refractivity contribution in [1.82, 2.24) is 0 Å². The Bertz CT molecular complexity index is 598. The second-order valence-electron chi connectivity index (χ2n) is 6.13. The molecular weight excluding hydrogens is 260 g/mol. The van der Waals surface area contributed by atoms with Crippen molar-refractivity contribution in [3.05, 3.63) is 53.1 Å². The molecule has 2 heteroatoms. The van der Waals surface area contributed by atoms with Crippen LogP contribution >= 0.6 is 0 Å². The average molecular weight is 282 g/mol. The molecular formula is C19H22O2. The first-order chi connectivity index (χ1) is 10.2. The summed E-state index contributed by atoms with van der Waals surface area (Å²) in [6.07, 6.45) is 11.1. The van der Waals surface area contributed by atoms with E-state index in [4.69, 9.17) is 4.74 Å². The molecule has 0 aromatic heterocycles. The topological polar surface area (TPSA) is 26.3 Å². The lowest BCUT2D eigenvalue weighted by molar-refractivity contribution is -0.144. The van der Waals surface area contributed by atoms with E-state index in [1.54, 1.807) is 6.08 Å². The maximum Gasteiger partial charge on any atom is 0.331 e. The van der Waals surface area contributed by atoms with Crippen LogP contribution in [0.3, 0.4) is 0 Å². The summed E-state index contributed by atoms with van der Waals surface area (Å²) in [5.74, 6) is 0.846. The predicted molar refractivity (Wildman–Crippen MR) is 84.8 cm³/mol. The van der Waals surface area contributed by atoms with Crippen molar-refractivity contribution >= 4 is 12.0 Å². The fourth-order valence-electron chi connectivity index (χ4n) is 3.36. The van der Waals surface area contributed by atoms with Gasteiger partial charge in [-0.1, -0.05) is 37.3 Å². The highest BCUT2D eigenvalue weighted by atomic mass is 16.5. The number of allylic oxidation sites excluding steroid dienone is 1. The quantitative estimate of drug-likeness (QED) is 0.472. The molecule has 3 unspecified atom stereocenters. The van der Waals surface area contributed by atoms with Gasteiger partial charge in [0.15, 0.2) is 0 Å². The molecule has 1 aromatic rings. The molecule has 1 fully saturated rings. The van der Waals surface area contributed by atoms with E-state index in [1.165, 1.54) is 11.1 Å². The van der Waals surface area contributed by atoms with Crippen LogP contribution in [0.4, 0.5) is 0 Å². The number of benzene rings is 1. The second-order valence-corrected chi connectivity index (χ2v) is 6.13. The summed E-state index contributed by atoms with van der Waals surface area (Å²) in [6.45, 7) is 4.22. The maximum absolute atomic E-state index is 11.9. The monoisotopic (exact) mass is 282 g/mol. The molecule has 2 nitrogen and oxygen atoms in total. The molecule has 1 saturated carbocycles. The Morgan fingerprint density at radius 1 is 1.33 bits per heavy atom. The molecule has 0 N–H and O–H groups in total. The molecule has 2 bridgehead atoms. The molecule has 0 saturated heterocycles. The Morgan fingerprint density at radius 3 is 2.81 bits per heavy atom. The molecule has 2 aliphatic carbocycles. The van der Waals surface area contributed by atoms with Gasteiger partial charge in [-0.25, -0.2) is 4.79 Å². The summed E-state index contributed by atoms with van der Waals surface area (Å²) in [6, 6.07) is 6.35. The SMILES string of the molecule is CCc1ccc(/C=C/C(=O)OC2CC3C=CC2C3)c(C)c1. The minimum absolute atomic E-state index is 0.0840. The van der Waals surface area contributed by atoms with E-state index in [9.17, 15) is 4.79 Å².